The molecule has 8 rings (SSSR count). The number of aromatic nitrogens is 3. The molecule has 2 saturated carbocycles. The first-order valence-corrected chi connectivity index (χ1v) is 14.6. The smallest absolute Gasteiger partial charge is 0.137 e. The molecular formula is C32H38N6. The van der Waals surface area contributed by atoms with Gasteiger partial charge in [0.1, 0.15) is 5.65 Å². The average Bonchev–Trinajstić information content (AvgIpc) is 3.27. The number of anilines is 1. The van der Waals surface area contributed by atoms with Gasteiger partial charge in [-0.1, -0.05) is 38.3 Å². The maximum atomic E-state index is 4.92. The molecule has 2 aliphatic carbocycles. The minimum atomic E-state index is 0.555. The summed E-state index contributed by atoms with van der Waals surface area (Å²) in [4.78, 5) is 16.9. The van der Waals surface area contributed by atoms with Crippen LogP contribution in [0.15, 0.2) is 49.7 Å². The fraction of sp³-hybridized carbons (Fsp3) is 0.500. The second kappa shape index (κ2) is 8.44. The van der Waals surface area contributed by atoms with Crippen molar-refractivity contribution in [3.63, 3.8) is 0 Å². The summed E-state index contributed by atoms with van der Waals surface area (Å²) in [6.45, 7) is 11.1. The first kappa shape index (κ1) is 22.8. The number of hydrogen-bond acceptors (Lipinski definition) is 5. The molecule has 6 nitrogen and oxygen atoms in total. The Labute approximate surface area is 225 Å². The molecule has 3 aliphatic heterocycles. The summed E-state index contributed by atoms with van der Waals surface area (Å²) in [6, 6.07) is 4.41. The summed E-state index contributed by atoms with van der Waals surface area (Å²) in [6.07, 6.45) is 24.2. The van der Waals surface area contributed by atoms with Crippen molar-refractivity contribution in [1.82, 2.24) is 24.2 Å². The van der Waals surface area contributed by atoms with E-state index in [1.165, 1.54) is 94.4 Å². The molecule has 4 fully saturated rings. The quantitative estimate of drug-likeness (QED) is 0.428. The van der Waals surface area contributed by atoms with E-state index in [2.05, 4.69) is 67.5 Å². The van der Waals surface area contributed by atoms with Crippen molar-refractivity contribution in [2.24, 2.45) is 10.8 Å². The second-order valence-electron chi connectivity index (χ2n) is 13.0. The van der Waals surface area contributed by atoms with Crippen LogP contribution in [-0.2, 0) is 13.1 Å². The second-order valence-corrected chi connectivity index (χ2v) is 13.0. The third-order valence-electron chi connectivity index (χ3n) is 10.2. The molecule has 6 heterocycles. The standard InChI is InChI=1S/C32H38N6/c1-24-28-14-33-15-29(38-22-32(23-38)9-3-2-4-10-32)27(28)8-13-36(24)18-26-19-37-17-25(6-7-30(37)34-26)16-35-20-31(21-35)11-5-12-31/h6-8,13-15,17,19H,1-5,9-12,16,18,20-23H2. The zero-order valence-corrected chi connectivity index (χ0v) is 22.4. The first-order chi connectivity index (χ1) is 18.6. The van der Waals surface area contributed by atoms with Crippen molar-refractivity contribution >= 4 is 23.1 Å². The first-order valence-electron chi connectivity index (χ1n) is 14.6. The van der Waals surface area contributed by atoms with Crippen LogP contribution < -0.4 is 4.90 Å². The van der Waals surface area contributed by atoms with Crippen LogP contribution in [0.5, 0.6) is 0 Å². The Morgan fingerprint density at radius 2 is 1.63 bits per heavy atom. The Morgan fingerprint density at radius 1 is 0.842 bits per heavy atom. The number of nitrogens with zero attached hydrogens (tertiary/aromatic N) is 6. The van der Waals surface area contributed by atoms with Crippen LogP contribution in [0.2, 0.25) is 0 Å². The third kappa shape index (κ3) is 3.71. The summed E-state index contributed by atoms with van der Waals surface area (Å²) in [5.74, 6) is 0. The SMILES string of the molecule is C=C1c2cncc(N3CC4(CCCCC4)C3)c2C=CN1Cc1cn2cc(CN3CC4(CCC4)C3)ccc2n1. The minimum absolute atomic E-state index is 0.555. The molecule has 2 spiro atoms. The van der Waals surface area contributed by atoms with Gasteiger partial charge >= 0.3 is 0 Å². The molecule has 2 saturated heterocycles. The predicted octanol–water partition coefficient (Wildman–Crippen LogP) is 5.94. The van der Waals surface area contributed by atoms with Gasteiger partial charge in [-0.25, -0.2) is 4.98 Å². The van der Waals surface area contributed by atoms with E-state index in [-0.39, 0.29) is 0 Å². The average molecular weight is 507 g/mol. The van der Waals surface area contributed by atoms with Crippen LogP contribution in [0, 0.1) is 10.8 Å². The fourth-order valence-corrected chi connectivity index (χ4v) is 7.93. The highest BCUT2D eigenvalue weighted by molar-refractivity contribution is 5.83. The van der Waals surface area contributed by atoms with E-state index < -0.39 is 0 Å². The van der Waals surface area contributed by atoms with Crippen molar-refractivity contribution in [1.29, 1.82) is 0 Å². The molecule has 0 bridgehead atoms. The highest BCUT2D eigenvalue weighted by Crippen LogP contribution is 2.49. The van der Waals surface area contributed by atoms with E-state index in [1.54, 1.807) is 0 Å². The summed E-state index contributed by atoms with van der Waals surface area (Å²) < 4.78 is 2.19. The van der Waals surface area contributed by atoms with Crippen LogP contribution in [0.25, 0.3) is 17.4 Å². The van der Waals surface area contributed by atoms with Crippen molar-refractivity contribution in [3.8, 4) is 0 Å². The van der Waals surface area contributed by atoms with E-state index in [0.29, 0.717) is 17.4 Å². The highest BCUT2D eigenvalue weighted by atomic mass is 15.2. The highest BCUT2D eigenvalue weighted by Gasteiger charge is 2.47. The zero-order valence-electron chi connectivity index (χ0n) is 22.4. The molecule has 38 heavy (non-hydrogen) atoms. The largest absolute Gasteiger partial charge is 0.369 e. The molecule has 0 aromatic carbocycles. The molecule has 6 heteroatoms. The molecule has 196 valence electrons. The van der Waals surface area contributed by atoms with Crippen LogP contribution in [0.3, 0.4) is 0 Å². The predicted molar refractivity (Wildman–Crippen MR) is 152 cm³/mol. The Bertz CT molecular complexity index is 1420. The number of fused-ring (bicyclic) bond motifs is 2. The van der Waals surface area contributed by atoms with E-state index >= 15 is 0 Å². The maximum absolute atomic E-state index is 4.92. The number of rotatable bonds is 5. The van der Waals surface area contributed by atoms with Gasteiger partial charge in [0.2, 0.25) is 0 Å². The van der Waals surface area contributed by atoms with Gasteiger partial charge in [0, 0.05) is 79.8 Å². The normalized spacial score (nSPS) is 23.4. The van der Waals surface area contributed by atoms with Crippen molar-refractivity contribution in [2.45, 2.75) is 64.5 Å². The van der Waals surface area contributed by atoms with E-state index in [4.69, 9.17) is 4.98 Å². The summed E-state index contributed by atoms with van der Waals surface area (Å²) >= 11 is 0. The van der Waals surface area contributed by atoms with Crippen molar-refractivity contribution in [3.05, 3.63) is 72.1 Å². The Kier molecular flexibility index (Phi) is 5.07. The molecular weight excluding hydrogens is 468 g/mol. The summed E-state index contributed by atoms with van der Waals surface area (Å²) in [7, 11) is 0. The van der Waals surface area contributed by atoms with Gasteiger partial charge in [-0.3, -0.25) is 9.88 Å². The topological polar surface area (TPSA) is 39.9 Å². The lowest BCUT2D eigenvalue weighted by molar-refractivity contribution is -0.0645. The van der Waals surface area contributed by atoms with Crippen LogP contribution in [0.1, 0.15) is 73.8 Å². The number of likely N-dealkylation sites (tertiary alicyclic amines) is 1. The fourth-order valence-electron chi connectivity index (χ4n) is 7.93. The van der Waals surface area contributed by atoms with Crippen molar-refractivity contribution in [2.75, 3.05) is 31.1 Å². The van der Waals surface area contributed by atoms with Gasteiger partial charge in [-0.05, 0) is 48.8 Å². The lowest BCUT2D eigenvalue weighted by Gasteiger charge is -2.56. The van der Waals surface area contributed by atoms with Crippen LogP contribution in [0.4, 0.5) is 5.69 Å². The third-order valence-corrected chi connectivity index (χ3v) is 10.2. The molecule has 5 aliphatic rings. The van der Waals surface area contributed by atoms with E-state index in [0.717, 1.165) is 29.1 Å². The van der Waals surface area contributed by atoms with Crippen LogP contribution >= 0.6 is 0 Å². The lowest BCUT2D eigenvalue weighted by Crippen LogP contribution is -2.58. The van der Waals surface area contributed by atoms with Gasteiger partial charge in [0.25, 0.3) is 0 Å². The minimum Gasteiger partial charge on any atom is -0.369 e. The Morgan fingerprint density at radius 3 is 2.42 bits per heavy atom. The Hall–Kier alpha value is -3.12. The number of hydrogen-bond donors (Lipinski definition) is 0. The molecule has 0 unspecified atom stereocenters. The molecule has 3 aromatic heterocycles. The van der Waals surface area contributed by atoms with Crippen molar-refractivity contribution < 1.29 is 0 Å². The monoisotopic (exact) mass is 506 g/mol. The summed E-state index contributed by atoms with van der Waals surface area (Å²) in [5, 5.41) is 0. The summed E-state index contributed by atoms with van der Waals surface area (Å²) in [5.41, 5.74) is 9.34. The van der Waals surface area contributed by atoms with E-state index in [1.807, 2.05) is 12.4 Å². The molecule has 0 N–H and O–H groups in total. The van der Waals surface area contributed by atoms with Gasteiger partial charge in [-0.2, -0.15) is 0 Å². The molecule has 0 amide bonds. The maximum Gasteiger partial charge on any atom is 0.137 e. The molecule has 3 aromatic rings. The molecule has 0 atom stereocenters. The zero-order chi connectivity index (χ0) is 25.3. The van der Waals surface area contributed by atoms with E-state index in [9.17, 15) is 0 Å². The van der Waals surface area contributed by atoms with Gasteiger partial charge in [-0.15, -0.1) is 0 Å². The molecule has 0 radical (unpaired) electrons. The van der Waals surface area contributed by atoms with Crippen LogP contribution in [-0.4, -0.2) is 50.3 Å². The van der Waals surface area contributed by atoms with Gasteiger partial charge in [0.15, 0.2) is 0 Å². The number of pyridine rings is 2. The lowest BCUT2D eigenvalue weighted by atomic mass is 9.63. The van der Waals surface area contributed by atoms with Gasteiger partial charge < -0.3 is 14.2 Å². The van der Waals surface area contributed by atoms with Gasteiger partial charge in [0.05, 0.1) is 24.1 Å². The number of imidazole rings is 1. The Balaban J connectivity index is 0.959.